The number of anilines is 1. The van der Waals surface area contributed by atoms with Crippen LogP contribution in [0, 0.1) is 10.1 Å². The number of nitrogens with zero attached hydrogens (tertiary/aromatic N) is 2. The van der Waals surface area contributed by atoms with Crippen molar-refractivity contribution < 1.29 is 19.3 Å². The average molecular weight is 351 g/mol. The van der Waals surface area contributed by atoms with E-state index in [1.807, 2.05) is 0 Å². The molecule has 8 nitrogen and oxygen atoms in total. The molecule has 0 aromatic heterocycles. The summed E-state index contributed by atoms with van der Waals surface area (Å²) in [7, 11) is 1.39. The minimum atomic E-state index is -0.517. The van der Waals surface area contributed by atoms with E-state index >= 15 is 0 Å². The lowest BCUT2D eigenvalue weighted by Crippen LogP contribution is -2.24. The van der Waals surface area contributed by atoms with E-state index in [0.717, 1.165) is 4.90 Å². The van der Waals surface area contributed by atoms with Crippen LogP contribution in [0.1, 0.15) is 26.3 Å². The molecule has 0 saturated heterocycles. The standard InChI is InChI=1S/C18H13N3O5/c1-20-17(23)14-7-6-12(10-15(14)18(20)24)19-16(22)8-5-11-3-2-4-13(9-11)21(25)26/h2-10H,1H3,(H,19,22)/b8-5+. The van der Waals surface area contributed by atoms with Gasteiger partial charge in [-0.15, -0.1) is 0 Å². The molecule has 0 bridgehead atoms. The molecule has 0 unspecified atom stereocenters. The molecule has 3 rings (SSSR count). The van der Waals surface area contributed by atoms with Crippen LogP contribution in [-0.4, -0.2) is 34.6 Å². The fourth-order valence-corrected chi connectivity index (χ4v) is 2.54. The summed E-state index contributed by atoms with van der Waals surface area (Å²) in [6.07, 6.45) is 2.67. The Labute approximate surface area is 147 Å². The first-order valence-corrected chi connectivity index (χ1v) is 7.57. The van der Waals surface area contributed by atoms with Gasteiger partial charge in [0.1, 0.15) is 0 Å². The van der Waals surface area contributed by atoms with E-state index in [9.17, 15) is 24.5 Å². The Kier molecular flexibility index (Phi) is 4.32. The lowest BCUT2D eigenvalue weighted by Gasteiger charge is -2.04. The summed E-state index contributed by atoms with van der Waals surface area (Å²) in [6.45, 7) is 0. The molecule has 26 heavy (non-hydrogen) atoms. The number of nitro groups is 1. The zero-order valence-corrected chi connectivity index (χ0v) is 13.6. The van der Waals surface area contributed by atoms with Gasteiger partial charge in [-0.3, -0.25) is 29.4 Å². The minimum Gasteiger partial charge on any atom is -0.322 e. The lowest BCUT2D eigenvalue weighted by atomic mass is 10.1. The molecule has 0 radical (unpaired) electrons. The van der Waals surface area contributed by atoms with Gasteiger partial charge in [0, 0.05) is 30.9 Å². The summed E-state index contributed by atoms with van der Waals surface area (Å²) in [5.41, 5.74) is 1.33. The fourth-order valence-electron chi connectivity index (χ4n) is 2.54. The fraction of sp³-hybridized carbons (Fsp3) is 0.0556. The van der Waals surface area contributed by atoms with E-state index < -0.39 is 16.7 Å². The summed E-state index contributed by atoms with van der Waals surface area (Å²) in [5.74, 6) is -1.27. The van der Waals surface area contributed by atoms with Gasteiger partial charge in [0.15, 0.2) is 0 Å². The first-order valence-electron chi connectivity index (χ1n) is 7.57. The number of rotatable bonds is 4. The Morgan fingerprint density at radius 3 is 2.58 bits per heavy atom. The predicted molar refractivity (Wildman–Crippen MR) is 93.6 cm³/mol. The predicted octanol–water partition coefficient (Wildman–Crippen LogP) is 2.47. The number of fused-ring (bicyclic) bond motifs is 1. The second kappa shape index (κ2) is 6.60. The quantitative estimate of drug-likeness (QED) is 0.394. The summed E-state index contributed by atoms with van der Waals surface area (Å²) < 4.78 is 0. The zero-order valence-electron chi connectivity index (χ0n) is 13.6. The van der Waals surface area contributed by atoms with Crippen LogP contribution in [0.4, 0.5) is 11.4 Å². The first kappa shape index (κ1) is 17.0. The molecule has 0 fully saturated rings. The molecule has 130 valence electrons. The van der Waals surface area contributed by atoms with Crippen molar-refractivity contribution in [3.8, 4) is 0 Å². The average Bonchev–Trinajstić information content (AvgIpc) is 2.84. The van der Waals surface area contributed by atoms with Crippen LogP contribution in [0.25, 0.3) is 6.08 Å². The van der Waals surface area contributed by atoms with Gasteiger partial charge in [-0.1, -0.05) is 12.1 Å². The number of nitro benzene ring substituents is 1. The van der Waals surface area contributed by atoms with Gasteiger partial charge in [-0.05, 0) is 29.8 Å². The number of hydrogen-bond donors (Lipinski definition) is 1. The van der Waals surface area contributed by atoms with Crippen molar-refractivity contribution in [1.29, 1.82) is 0 Å². The highest BCUT2D eigenvalue weighted by atomic mass is 16.6. The molecule has 0 saturated carbocycles. The molecular weight excluding hydrogens is 338 g/mol. The van der Waals surface area contributed by atoms with Crippen LogP contribution in [0.5, 0.6) is 0 Å². The SMILES string of the molecule is CN1C(=O)c2ccc(NC(=O)/C=C/c3cccc([N+](=O)[O-])c3)cc2C1=O. The highest BCUT2D eigenvalue weighted by Crippen LogP contribution is 2.24. The second-order valence-electron chi connectivity index (χ2n) is 5.60. The molecular formula is C18H13N3O5. The Bertz CT molecular complexity index is 981. The van der Waals surface area contributed by atoms with Crippen LogP contribution in [-0.2, 0) is 4.79 Å². The van der Waals surface area contributed by atoms with Crippen LogP contribution >= 0.6 is 0 Å². The Balaban J connectivity index is 1.73. The monoisotopic (exact) mass is 351 g/mol. The van der Waals surface area contributed by atoms with Gasteiger partial charge in [-0.2, -0.15) is 0 Å². The smallest absolute Gasteiger partial charge is 0.270 e. The van der Waals surface area contributed by atoms with E-state index in [-0.39, 0.29) is 17.2 Å². The van der Waals surface area contributed by atoms with Crippen LogP contribution < -0.4 is 5.32 Å². The Hall–Kier alpha value is -3.81. The third-order valence-electron chi connectivity index (χ3n) is 3.87. The van der Waals surface area contributed by atoms with Gasteiger partial charge < -0.3 is 5.32 Å². The van der Waals surface area contributed by atoms with Crippen molar-refractivity contribution in [2.45, 2.75) is 0 Å². The van der Waals surface area contributed by atoms with Crippen molar-refractivity contribution in [3.63, 3.8) is 0 Å². The molecule has 8 heteroatoms. The van der Waals surface area contributed by atoms with Gasteiger partial charge in [-0.25, -0.2) is 0 Å². The number of imide groups is 1. The topological polar surface area (TPSA) is 110 Å². The van der Waals surface area contributed by atoms with Gasteiger partial charge in [0.2, 0.25) is 5.91 Å². The van der Waals surface area contributed by atoms with Crippen molar-refractivity contribution in [1.82, 2.24) is 4.90 Å². The number of carbonyl (C=O) groups is 3. The highest BCUT2D eigenvalue weighted by Gasteiger charge is 2.32. The number of non-ortho nitro benzene ring substituents is 1. The number of hydrogen-bond acceptors (Lipinski definition) is 5. The highest BCUT2D eigenvalue weighted by molar-refractivity contribution is 6.21. The molecule has 1 aliphatic heterocycles. The molecule has 2 aromatic rings. The van der Waals surface area contributed by atoms with Crippen molar-refractivity contribution in [2.75, 3.05) is 12.4 Å². The van der Waals surface area contributed by atoms with E-state index in [1.165, 1.54) is 55.6 Å². The van der Waals surface area contributed by atoms with E-state index in [4.69, 9.17) is 0 Å². The Morgan fingerprint density at radius 2 is 1.85 bits per heavy atom. The maximum atomic E-state index is 12.0. The molecule has 0 spiro atoms. The maximum absolute atomic E-state index is 12.0. The van der Waals surface area contributed by atoms with Crippen LogP contribution in [0.3, 0.4) is 0 Å². The van der Waals surface area contributed by atoms with E-state index in [0.29, 0.717) is 16.8 Å². The summed E-state index contributed by atoms with van der Waals surface area (Å²) in [4.78, 5) is 47.1. The molecule has 3 amide bonds. The summed E-state index contributed by atoms with van der Waals surface area (Å²) >= 11 is 0. The van der Waals surface area contributed by atoms with Crippen molar-refractivity contribution in [3.05, 3.63) is 75.3 Å². The van der Waals surface area contributed by atoms with Crippen molar-refractivity contribution >= 4 is 35.2 Å². The van der Waals surface area contributed by atoms with Crippen LogP contribution in [0.2, 0.25) is 0 Å². The molecule has 1 N–H and O–H groups in total. The first-order chi connectivity index (χ1) is 12.4. The van der Waals surface area contributed by atoms with Gasteiger partial charge in [0.25, 0.3) is 17.5 Å². The second-order valence-corrected chi connectivity index (χ2v) is 5.60. The maximum Gasteiger partial charge on any atom is 0.270 e. The normalized spacial score (nSPS) is 13.2. The zero-order chi connectivity index (χ0) is 18.8. The summed E-state index contributed by atoms with van der Waals surface area (Å²) in [5, 5.41) is 13.3. The van der Waals surface area contributed by atoms with Gasteiger partial charge >= 0.3 is 0 Å². The Morgan fingerprint density at radius 1 is 1.12 bits per heavy atom. The number of benzene rings is 2. The molecule has 0 atom stereocenters. The van der Waals surface area contributed by atoms with Gasteiger partial charge in [0.05, 0.1) is 16.1 Å². The summed E-state index contributed by atoms with van der Waals surface area (Å²) in [6, 6.07) is 10.3. The number of amides is 3. The van der Waals surface area contributed by atoms with Crippen molar-refractivity contribution in [2.24, 2.45) is 0 Å². The lowest BCUT2D eigenvalue weighted by molar-refractivity contribution is -0.384. The van der Waals surface area contributed by atoms with E-state index in [1.54, 1.807) is 6.07 Å². The largest absolute Gasteiger partial charge is 0.322 e. The third kappa shape index (κ3) is 3.20. The molecule has 1 heterocycles. The molecule has 1 aliphatic rings. The minimum absolute atomic E-state index is 0.0709. The molecule has 2 aromatic carbocycles. The number of nitrogens with one attached hydrogen (secondary N) is 1. The number of carbonyl (C=O) groups excluding carboxylic acids is 3. The van der Waals surface area contributed by atoms with E-state index in [2.05, 4.69) is 5.32 Å². The van der Waals surface area contributed by atoms with Crippen LogP contribution in [0.15, 0.2) is 48.5 Å². The third-order valence-corrected chi connectivity index (χ3v) is 3.87. The molecule has 0 aliphatic carbocycles.